The van der Waals surface area contributed by atoms with Crippen LogP contribution in [-0.2, 0) is 17.6 Å². The van der Waals surface area contributed by atoms with Gasteiger partial charge in [-0.05, 0) is 43.9 Å². The number of hydrogen-bond acceptors (Lipinski definition) is 7. The summed E-state index contributed by atoms with van der Waals surface area (Å²) in [5.74, 6) is 7.23. The van der Waals surface area contributed by atoms with E-state index in [1.165, 1.54) is 16.4 Å². The number of aryl methyl sites for hydroxylation is 2. The Morgan fingerprint density at radius 1 is 1.39 bits per heavy atom. The molecule has 2 heterocycles. The molecule has 0 aliphatic heterocycles. The first-order valence-corrected chi connectivity index (χ1v) is 9.89. The smallest absolute Gasteiger partial charge is 0.234 e. The van der Waals surface area contributed by atoms with Crippen molar-refractivity contribution in [3.05, 3.63) is 35.0 Å². The van der Waals surface area contributed by atoms with Crippen molar-refractivity contribution in [3.63, 3.8) is 0 Å². The molecule has 0 unspecified atom stereocenters. The number of nitrogen functional groups attached to an aromatic ring is 1. The highest BCUT2D eigenvalue weighted by atomic mass is 32.2. The second kappa shape index (κ2) is 7.55. The van der Waals surface area contributed by atoms with Crippen LogP contribution in [0.1, 0.15) is 23.2 Å². The Hall–Kier alpha value is -3.01. The Balaban J connectivity index is 1.44. The van der Waals surface area contributed by atoms with Gasteiger partial charge in [0.2, 0.25) is 16.9 Å². The summed E-state index contributed by atoms with van der Waals surface area (Å²) in [6.45, 7) is 1.95. The molecule has 1 aliphatic rings. The number of benzene rings is 1. The zero-order valence-corrected chi connectivity index (χ0v) is 16.5. The van der Waals surface area contributed by atoms with Gasteiger partial charge in [-0.2, -0.15) is 5.10 Å². The van der Waals surface area contributed by atoms with Gasteiger partial charge in [0.1, 0.15) is 11.4 Å². The number of ether oxygens (including phenoxy) is 1. The molecule has 0 saturated carbocycles. The maximum absolute atomic E-state index is 12.4. The first kappa shape index (κ1) is 18.4. The summed E-state index contributed by atoms with van der Waals surface area (Å²) in [5.41, 5.74) is 4.69. The molecule has 0 saturated heterocycles. The number of aromatic nitrogens is 5. The highest BCUT2D eigenvalue weighted by molar-refractivity contribution is 7.99. The second-order valence-electron chi connectivity index (χ2n) is 6.60. The molecule has 0 fully saturated rings. The van der Waals surface area contributed by atoms with Crippen molar-refractivity contribution in [2.45, 2.75) is 31.3 Å². The molecule has 4 N–H and O–H groups in total. The summed E-state index contributed by atoms with van der Waals surface area (Å²) in [6, 6.07) is 5.61. The molecule has 1 aliphatic carbocycles. The Kier molecular flexibility index (Phi) is 4.95. The van der Waals surface area contributed by atoms with Crippen LogP contribution in [0, 0.1) is 6.92 Å². The van der Waals surface area contributed by atoms with Crippen LogP contribution in [0.2, 0.25) is 0 Å². The van der Waals surface area contributed by atoms with Crippen LogP contribution in [0.3, 0.4) is 0 Å². The standard InChI is InChI=1S/C18H21N7O2S/c1-10-6-7-14(27-2)13(8-10)20-15(26)9-28-18-24-23-17(25(18)19)16-11-4-3-5-12(11)21-22-16/h6-8H,3-5,9,19H2,1-2H3,(H,20,26)(H,21,22). The highest BCUT2D eigenvalue weighted by Crippen LogP contribution is 2.30. The highest BCUT2D eigenvalue weighted by Gasteiger charge is 2.24. The van der Waals surface area contributed by atoms with Crippen molar-refractivity contribution in [2.75, 3.05) is 24.0 Å². The number of hydrogen-bond donors (Lipinski definition) is 3. The Morgan fingerprint density at radius 3 is 3.07 bits per heavy atom. The number of aromatic amines is 1. The first-order chi connectivity index (χ1) is 13.6. The zero-order chi connectivity index (χ0) is 19.7. The van der Waals surface area contributed by atoms with E-state index in [4.69, 9.17) is 10.6 Å². The van der Waals surface area contributed by atoms with E-state index in [2.05, 4.69) is 25.7 Å². The summed E-state index contributed by atoms with van der Waals surface area (Å²) < 4.78 is 6.68. The third kappa shape index (κ3) is 3.42. The van der Waals surface area contributed by atoms with Crippen molar-refractivity contribution in [1.29, 1.82) is 0 Å². The molecule has 2 aromatic heterocycles. The number of nitrogens with two attached hydrogens (primary N) is 1. The number of methoxy groups -OCH3 is 1. The van der Waals surface area contributed by atoms with Gasteiger partial charge in [-0.1, -0.05) is 17.8 Å². The van der Waals surface area contributed by atoms with Gasteiger partial charge in [-0.25, -0.2) is 4.68 Å². The number of rotatable bonds is 6. The van der Waals surface area contributed by atoms with Crippen LogP contribution < -0.4 is 15.9 Å². The molecule has 4 rings (SSSR count). The Morgan fingerprint density at radius 2 is 2.25 bits per heavy atom. The fraction of sp³-hybridized carbons (Fsp3) is 0.333. The quantitative estimate of drug-likeness (QED) is 0.427. The van der Waals surface area contributed by atoms with Crippen LogP contribution in [0.4, 0.5) is 5.69 Å². The molecule has 0 bridgehead atoms. The molecule has 1 aromatic carbocycles. The number of H-pyrrole nitrogens is 1. The van der Waals surface area contributed by atoms with Gasteiger partial charge in [0.15, 0.2) is 0 Å². The number of amides is 1. The fourth-order valence-electron chi connectivity index (χ4n) is 3.28. The van der Waals surface area contributed by atoms with E-state index in [-0.39, 0.29) is 11.7 Å². The third-order valence-electron chi connectivity index (χ3n) is 4.64. The monoisotopic (exact) mass is 399 g/mol. The van der Waals surface area contributed by atoms with Crippen LogP contribution in [0.5, 0.6) is 5.75 Å². The average molecular weight is 399 g/mol. The summed E-state index contributed by atoms with van der Waals surface area (Å²) in [6.07, 6.45) is 3.04. The summed E-state index contributed by atoms with van der Waals surface area (Å²) >= 11 is 1.22. The van der Waals surface area contributed by atoms with Gasteiger partial charge < -0.3 is 15.9 Å². The average Bonchev–Trinajstić information content (AvgIpc) is 3.37. The van der Waals surface area contributed by atoms with Crippen LogP contribution in [-0.4, -0.2) is 43.8 Å². The maximum Gasteiger partial charge on any atom is 0.234 e. The van der Waals surface area contributed by atoms with Gasteiger partial charge in [-0.15, -0.1) is 10.2 Å². The SMILES string of the molecule is COc1ccc(C)cc1NC(=O)CSc1nnc(-c2n[nH]c3c2CCC3)n1N. The van der Waals surface area contributed by atoms with Crippen molar-refractivity contribution in [3.8, 4) is 17.3 Å². The van der Waals surface area contributed by atoms with Crippen LogP contribution in [0.15, 0.2) is 23.4 Å². The topological polar surface area (TPSA) is 124 Å². The minimum Gasteiger partial charge on any atom is -0.495 e. The molecule has 10 heteroatoms. The minimum atomic E-state index is -0.181. The van der Waals surface area contributed by atoms with Gasteiger partial charge in [-0.3, -0.25) is 9.89 Å². The summed E-state index contributed by atoms with van der Waals surface area (Å²) in [4.78, 5) is 12.4. The number of anilines is 1. The normalized spacial score (nSPS) is 12.8. The second-order valence-corrected chi connectivity index (χ2v) is 7.54. The lowest BCUT2D eigenvalue weighted by Crippen LogP contribution is -2.17. The van der Waals surface area contributed by atoms with E-state index in [0.29, 0.717) is 22.4 Å². The van der Waals surface area contributed by atoms with Gasteiger partial charge >= 0.3 is 0 Å². The number of carbonyl (C=O) groups is 1. The summed E-state index contributed by atoms with van der Waals surface area (Å²) in [5, 5.41) is 19.0. The molecule has 3 aromatic rings. The largest absolute Gasteiger partial charge is 0.495 e. The van der Waals surface area contributed by atoms with Crippen molar-refractivity contribution >= 4 is 23.4 Å². The van der Waals surface area contributed by atoms with E-state index in [9.17, 15) is 4.79 Å². The minimum absolute atomic E-state index is 0.144. The Labute approximate surface area is 166 Å². The molecule has 1 amide bonds. The van der Waals surface area contributed by atoms with Gasteiger partial charge in [0, 0.05) is 11.3 Å². The van der Waals surface area contributed by atoms with Crippen molar-refractivity contribution in [1.82, 2.24) is 25.1 Å². The number of nitrogens with zero attached hydrogens (tertiary/aromatic N) is 4. The van der Waals surface area contributed by atoms with E-state index in [0.717, 1.165) is 41.8 Å². The van der Waals surface area contributed by atoms with E-state index >= 15 is 0 Å². The predicted molar refractivity (Wildman–Crippen MR) is 107 cm³/mol. The molecular formula is C18H21N7O2S. The number of thioether (sulfide) groups is 1. The van der Waals surface area contributed by atoms with E-state index in [1.54, 1.807) is 7.11 Å². The molecule has 9 nitrogen and oxygen atoms in total. The van der Waals surface area contributed by atoms with Gasteiger partial charge in [0.25, 0.3) is 0 Å². The van der Waals surface area contributed by atoms with Gasteiger partial charge in [0.05, 0.1) is 18.6 Å². The van der Waals surface area contributed by atoms with E-state index in [1.807, 2.05) is 25.1 Å². The molecule has 28 heavy (non-hydrogen) atoms. The first-order valence-electron chi connectivity index (χ1n) is 8.91. The zero-order valence-electron chi connectivity index (χ0n) is 15.7. The predicted octanol–water partition coefficient (Wildman–Crippen LogP) is 1.92. The lowest BCUT2D eigenvalue weighted by molar-refractivity contribution is -0.113. The van der Waals surface area contributed by atoms with Crippen LogP contribution >= 0.6 is 11.8 Å². The fourth-order valence-corrected chi connectivity index (χ4v) is 3.93. The third-order valence-corrected chi connectivity index (χ3v) is 5.59. The van der Waals surface area contributed by atoms with Crippen LogP contribution in [0.25, 0.3) is 11.5 Å². The van der Waals surface area contributed by atoms with Crippen molar-refractivity contribution < 1.29 is 9.53 Å². The maximum atomic E-state index is 12.4. The number of fused-ring (bicyclic) bond motifs is 1. The molecule has 0 spiro atoms. The van der Waals surface area contributed by atoms with E-state index < -0.39 is 0 Å². The molecule has 146 valence electrons. The van der Waals surface area contributed by atoms with Crippen molar-refractivity contribution in [2.24, 2.45) is 0 Å². The summed E-state index contributed by atoms with van der Waals surface area (Å²) in [7, 11) is 1.57. The Bertz CT molecular complexity index is 1030. The lowest BCUT2D eigenvalue weighted by Gasteiger charge is -2.10. The lowest BCUT2D eigenvalue weighted by atomic mass is 10.2. The number of carbonyl (C=O) groups excluding carboxylic acids is 1. The molecule has 0 radical (unpaired) electrons. The molecular weight excluding hydrogens is 378 g/mol. The molecule has 0 atom stereocenters. The number of nitrogens with one attached hydrogen (secondary N) is 2.